The first kappa shape index (κ1) is 17.3. The summed E-state index contributed by atoms with van der Waals surface area (Å²) in [5.41, 5.74) is 4.80. The van der Waals surface area contributed by atoms with Crippen LogP contribution in [0.15, 0.2) is 54.7 Å². The summed E-state index contributed by atoms with van der Waals surface area (Å²) in [5.74, 6) is -0.194. The highest BCUT2D eigenvalue weighted by atomic mass is 19.1. The third-order valence-electron chi connectivity index (χ3n) is 5.10. The zero-order valence-electron chi connectivity index (χ0n) is 15.5. The number of aromatic amines is 1. The number of fused-ring (bicyclic) bond motifs is 1. The normalized spacial score (nSPS) is 14.3. The van der Waals surface area contributed by atoms with Crippen molar-refractivity contribution in [3.8, 4) is 0 Å². The van der Waals surface area contributed by atoms with Gasteiger partial charge in [-0.05, 0) is 48.4 Å². The molecule has 2 aromatic carbocycles. The Balaban J connectivity index is 1.54. The Kier molecular flexibility index (Phi) is 4.44. The van der Waals surface area contributed by atoms with Crippen molar-refractivity contribution in [2.75, 3.05) is 32.1 Å². The van der Waals surface area contributed by atoms with Gasteiger partial charge in [0.25, 0.3) is 5.91 Å². The number of anilines is 1. The molecule has 0 aliphatic carbocycles. The Morgan fingerprint density at radius 3 is 2.78 bits per heavy atom. The first-order valence-corrected chi connectivity index (χ1v) is 9.05. The smallest absolute Gasteiger partial charge is 0.254 e. The standard InChI is InChI=1S/C22H22FN3O/c1-25(2)18-5-3-4-16(12-18)22(27)26-10-8-15(9-11-26)20-14-24-21-13-17(23)6-7-19(20)21/h3-8,12-14,24H,9-11H2,1-2H3. The van der Waals surface area contributed by atoms with Crippen LogP contribution in [-0.2, 0) is 0 Å². The summed E-state index contributed by atoms with van der Waals surface area (Å²) in [4.78, 5) is 19.8. The van der Waals surface area contributed by atoms with Crippen molar-refractivity contribution in [2.24, 2.45) is 0 Å². The van der Waals surface area contributed by atoms with Crippen LogP contribution in [0.4, 0.5) is 10.1 Å². The number of amides is 1. The average molecular weight is 363 g/mol. The predicted molar refractivity (Wildman–Crippen MR) is 108 cm³/mol. The summed E-state index contributed by atoms with van der Waals surface area (Å²) >= 11 is 0. The van der Waals surface area contributed by atoms with E-state index in [0.29, 0.717) is 18.7 Å². The van der Waals surface area contributed by atoms with E-state index in [1.807, 2.05) is 60.4 Å². The quantitative estimate of drug-likeness (QED) is 0.753. The molecule has 1 N–H and O–H groups in total. The van der Waals surface area contributed by atoms with E-state index in [9.17, 15) is 9.18 Å². The summed E-state index contributed by atoms with van der Waals surface area (Å²) < 4.78 is 13.4. The molecule has 0 saturated heterocycles. The Bertz CT molecular complexity index is 1030. The number of H-pyrrole nitrogens is 1. The Morgan fingerprint density at radius 2 is 2.04 bits per heavy atom. The Labute approximate surface area is 157 Å². The van der Waals surface area contributed by atoms with E-state index in [2.05, 4.69) is 11.1 Å². The molecule has 1 aromatic heterocycles. The molecular formula is C22H22FN3O. The fraction of sp³-hybridized carbons (Fsp3) is 0.227. The van der Waals surface area contributed by atoms with Crippen LogP contribution in [0.2, 0.25) is 0 Å². The van der Waals surface area contributed by atoms with Crippen molar-refractivity contribution in [2.45, 2.75) is 6.42 Å². The van der Waals surface area contributed by atoms with Crippen LogP contribution in [-0.4, -0.2) is 43.0 Å². The topological polar surface area (TPSA) is 39.3 Å². The number of rotatable bonds is 3. The summed E-state index contributed by atoms with van der Waals surface area (Å²) in [6.45, 7) is 1.25. The molecule has 138 valence electrons. The predicted octanol–water partition coefficient (Wildman–Crippen LogP) is 4.30. The number of carbonyl (C=O) groups excluding carboxylic acids is 1. The molecule has 1 aliphatic rings. The van der Waals surface area contributed by atoms with Crippen molar-refractivity contribution in [1.29, 1.82) is 0 Å². The molecule has 0 bridgehead atoms. The molecule has 0 spiro atoms. The van der Waals surface area contributed by atoms with Crippen LogP contribution >= 0.6 is 0 Å². The second-order valence-electron chi connectivity index (χ2n) is 7.07. The lowest BCUT2D eigenvalue weighted by molar-refractivity contribution is 0.0773. The minimum absolute atomic E-state index is 0.0509. The van der Waals surface area contributed by atoms with Gasteiger partial charge in [-0.2, -0.15) is 0 Å². The number of nitrogens with zero attached hydrogens (tertiary/aromatic N) is 2. The summed E-state index contributed by atoms with van der Waals surface area (Å²) in [7, 11) is 3.93. The summed E-state index contributed by atoms with van der Waals surface area (Å²) in [6.07, 6.45) is 4.81. The zero-order valence-corrected chi connectivity index (χ0v) is 15.5. The van der Waals surface area contributed by atoms with Crippen LogP contribution in [0.25, 0.3) is 16.5 Å². The molecule has 4 nitrogen and oxygen atoms in total. The van der Waals surface area contributed by atoms with Gasteiger partial charge < -0.3 is 14.8 Å². The van der Waals surface area contributed by atoms with Crippen LogP contribution in [0.5, 0.6) is 0 Å². The van der Waals surface area contributed by atoms with Gasteiger partial charge in [0.15, 0.2) is 0 Å². The molecule has 3 aromatic rings. The summed E-state index contributed by atoms with van der Waals surface area (Å²) in [5, 5.41) is 1.01. The first-order chi connectivity index (χ1) is 13.0. The number of halogens is 1. The van der Waals surface area contributed by atoms with Crippen LogP contribution in [0.3, 0.4) is 0 Å². The second kappa shape index (κ2) is 6.91. The van der Waals surface area contributed by atoms with E-state index in [0.717, 1.165) is 28.6 Å². The van der Waals surface area contributed by atoms with Crippen molar-refractivity contribution < 1.29 is 9.18 Å². The number of aromatic nitrogens is 1. The van der Waals surface area contributed by atoms with Crippen molar-refractivity contribution in [3.63, 3.8) is 0 Å². The number of benzene rings is 2. The molecule has 0 saturated carbocycles. The van der Waals surface area contributed by atoms with Gasteiger partial charge in [0.05, 0.1) is 0 Å². The minimum Gasteiger partial charge on any atom is -0.378 e. The van der Waals surface area contributed by atoms with Crippen LogP contribution < -0.4 is 4.90 Å². The first-order valence-electron chi connectivity index (χ1n) is 9.05. The van der Waals surface area contributed by atoms with E-state index in [4.69, 9.17) is 0 Å². The lowest BCUT2D eigenvalue weighted by Gasteiger charge is -2.27. The minimum atomic E-state index is -0.245. The van der Waals surface area contributed by atoms with Gasteiger partial charge in [0, 0.05) is 61.1 Å². The molecule has 27 heavy (non-hydrogen) atoms. The largest absolute Gasteiger partial charge is 0.378 e. The lowest BCUT2D eigenvalue weighted by atomic mass is 9.98. The van der Waals surface area contributed by atoms with E-state index in [1.54, 1.807) is 0 Å². The van der Waals surface area contributed by atoms with E-state index in [-0.39, 0.29) is 11.7 Å². The molecule has 0 radical (unpaired) electrons. The zero-order chi connectivity index (χ0) is 19.0. The maximum Gasteiger partial charge on any atom is 0.254 e. The van der Waals surface area contributed by atoms with Gasteiger partial charge in [-0.1, -0.05) is 12.1 Å². The monoisotopic (exact) mass is 363 g/mol. The summed E-state index contributed by atoms with van der Waals surface area (Å²) in [6, 6.07) is 12.5. The lowest BCUT2D eigenvalue weighted by Crippen LogP contribution is -2.34. The third-order valence-corrected chi connectivity index (χ3v) is 5.10. The van der Waals surface area contributed by atoms with Gasteiger partial charge in [-0.25, -0.2) is 4.39 Å². The van der Waals surface area contributed by atoms with Gasteiger partial charge in [-0.3, -0.25) is 4.79 Å². The maximum absolute atomic E-state index is 13.4. The number of carbonyl (C=O) groups is 1. The molecule has 2 heterocycles. The highest BCUT2D eigenvalue weighted by Crippen LogP contribution is 2.30. The molecule has 0 unspecified atom stereocenters. The fourth-order valence-corrected chi connectivity index (χ4v) is 3.56. The van der Waals surface area contributed by atoms with E-state index < -0.39 is 0 Å². The third kappa shape index (κ3) is 3.33. The molecule has 0 fully saturated rings. The number of hydrogen-bond donors (Lipinski definition) is 1. The second-order valence-corrected chi connectivity index (χ2v) is 7.07. The molecule has 5 heteroatoms. The van der Waals surface area contributed by atoms with Crippen LogP contribution in [0, 0.1) is 5.82 Å². The maximum atomic E-state index is 13.4. The van der Waals surface area contributed by atoms with Gasteiger partial charge >= 0.3 is 0 Å². The number of hydrogen-bond acceptors (Lipinski definition) is 2. The average Bonchev–Trinajstić information content (AvgIpc) is 3.10. The number of nitrogens with one attached hydrogen (secondary N) is 1. The van der Waals surface area contributed by atoms with Gasteiger partial charge in [-0.15, -0.1) is 0 Å². The molecule has 4 rings (SSSR count). The van der Waals surface area contributed by atoms with E-state index >= 15 is 0 Å². The fourth-order valence-electron chi connectivity index (χ4n) is 3.56. The molecule has 1 amide bonds. The molecule has 1 aliphatic heterocycles. The Hall–Kier alpha value is -3.08. The molecular weight excluding hydrogens is 341 g/mol. The van der Waals surface area contributed by atoms with E-state index in [1.165, 1.54) is 17.7 Å². The SMILES string of the molecule is CN(C)c1cccc(C(=O)N2CC=C(c3c[nH]c4cc(F)ccc34)CC2)c1. The molecule has 0 atom stereocenters. The highest BCUT2D eigenvalue weighted by molar-refractivity contribution is 5.97. The van der Waals surface area contributed by atoms with Crippen molar-refractivity contribution in [3.05, 3.63) is 71.7 Å². The van der Waals surface area contributed by atoms with Crippen molar-refractivity contribution in [1.82, 2.24) is 9.88 Å². The highest BCUT2D eigenvalue weighted by Gasteiger charge is 2.21. The van der Waals surface area contributed by atoms with Crippen LogP contribution in [0.1, 0.15) is 22.3 Å². The van der Waals surface area contributed by atoms with Gasteiger partial charge in [0.1, 0.15) is 5.82 Å². The Morgan fingerprint density at radius 1 is 1.19 bits per heavy atom. The van der Waals surface area contributed by atoms with Gasteiger partial charge in [0.2, 0.25) is 0 Å². The van der Waals surface area contributed by atoms with Crippen molar-refractivity contribution >= 4 is 28.1 Å².